The molecule has 0 N–H and O–H groups in total. The minimum Gasteiger partial charge on any atom is -0.0654 e. The van der Waals surface area contributed by atoms with Crippen molar-refractivity contribution in [2.45, 2.75) is 193 Å². The summed E-state index contributed by atoms with van der Waals surface area (Å²) in [5.74, 6) is 13.6. The molecule has 12 unspecified atom stereocenters. The summed E-state index contributed by atoms with van der Waals surface area (Å²) >= 11 is 0. The second-order valence-electron chi connectivity index (χ2n) is 24.5. The Morgan fingerprint density at radius 2 is 0.604 bits per heavy atom. The van der Waals surface area contributed by atoms with Gasteiger partial charge in [-0.3, -0.25) is 0 Å². The van der Waals surface area contributed by atoms with E-state index in [-0.39, 0.29) is 0 Å². The van der Waals surface area contributed by atoms with Gasteiger partial charge in [0.25, 0.3) is 0 Å². The van der Waals surface area contributed by atoms with E-state index in [9.17, 15) is 0 Å². The zero-order valence-corrected chi connectivity index (χ0v) is 35.2. The maximum Gasteiger partial charge on any atom is -0.0258 e. The first-order valence-electron chi connectivity index (χ1n) is 22.2. The highest BCUT2D eigenvalue weighted by Gasteiger charge is 2.66. The summed E-state index contributed by atoms with van der Waals surface area (Å²) in [4.78, 5) is 0. The molecular weight excluding hydrogens is 577 g/mol. The SMILES string of the molecule is CCCCC(C)(C1C2CC(C(C)(C)C)CCC2C2CCC(C(C)(C)C)CC21)C1C2CC(C(C)(C)C)CCC2C2CCC(C(C)(C)C)CC21. The molecule has 0 heteroatoms. The lowest BCUT2D eigenvalue weighted by Gasteiger charge is -2.55. The predicted molar refractivity (Wildman–Crippen MR) is 210 cm³/mol. The smallest absolute Gasteiger partial charge is 0.0258 e. The Kier molecular flexibility index (Phi) is 10.3. The summed E-state index contributed by atoms with van der Waals surface area (Å²) in [6, 6.07) is 0. The molecule has 0 aromatic carbocycles. The van der Waals surface area contributed by atoms with Crippen LogP contribution in [-0.4, -0.2) is 0 Å². The molecule has 0 radical (unpaired) electrons. The van der Waals surface area contributed by atoms with E-state index >= 15 is 0 Å². The van der Waals surface area contributed by atoms with Crippen molar-refractivity contribution < 1.29 is 0 Å². The Balaban J connectivity index is 1.48. The maximum atomic E-state index is 3.03. The van der Waals surface area contributed by atoms with Gasteiger partial charge >= 0.3 is 0 Å². The van der Waals surface area contributed by atoms with E-state index in [1.54, 1.807) is 51.4 Å². The molecule has 0 amide bonds. The van der Waals surface area contributed by atoms with Crippen molar-refractivity contribution in [3.05, 3.63) is 0 Å². The van der Waals surface area contributed by atoms with Crippen molar-refractivity contribution in [1.29, 1.82) is 0 Å². The standard InChI is InChI=1S/C48H86/c1-15-16-25-48(14,42-38-26-30(44(2,3)4)17-21-34(38)35-22-18-31(27-39(35)42)45(5,6)7)43-40-28-32(46(8,9)10)19-23-36(40)37-24-20-33(29-41(37)43)47(11,12)13/h30-43H,15-29H2,1-14H3. The Morgan fingerprint density at radius 3 is 0.812 bits per heavy atom. The van der Waals surface area contributed by atoms with Gasteiger partial charge in [-0.1, -0.05) is 110 Å². The van der Waals surface area contributed by atoms with E-state index in [4.69, 9.17) is 0 Å². The zero-order chi connectivity index (χ0) is 35.2. The fourth-order valence-electron chi connectivity index (χ4n) is 15.5. The summed E-state index contributed by atoms with van der Waals surface area (Å²) in [6.07, 6.45) is 22.8. The van der Waals surface area contributed by atoms with Crippen LogP contribution in [0.25, 0.3) is 0 Å². The van der Waals surface area contributed by atoms with Crippen LogP contribution in [0.1, 0.15) is 193 Å². The monoisotopic (exact) mass is 663 g/mol. The van der Waals surface area contributed by atoms with E-state index in [1.165, 1.54) is 44.9 Å². The number of hydrogen-bond acceptors (Lipinski definition) is 0. The lowest BCUT2D eigenvalue weighted by molar-refractivity contribution is -0.0677. The highest BCUT2D eigenvalue weighted by atomic mass is 14.7. The van der Waals surface area contributed by atoms with E-state index in [0.29, 0.717) is 27.1 Å². The molecule has 278 valence electrons. The first-order valence-corrected chi connectivity index (χ1v) is 22.2. The average molecular weight is 663 g/mol. The fraction of sp³-hybridized carbons (Fsp3) is 1.00. The molecule has 6 saturated carbocycles. The van der Waals surface area contributed by atoms with Crippen molar-refractivity contribution in [2.75, 3.05) is 0 Å². The molecule has 6 rings (SSSR count). The third-order valence-corrected chi connectivity index (χ3v) is 18.3. The Bertz CT molecular complexity index is 925. The summed E-state index contributed by atoms with van der Waals surface area (Å²) in [7, 11) is 0. The van der Waals surface area contributed by atoms with E-state index in [1.807, 2.05) is 0 Å². The van der Waals surface area contributed by atoms with Crippen molar-refractivity contribution >= 4 is 0 Å². The molecule has 0 nitrogen and oxygen atoms in total. The lowest BCUT2D eigenvalue weighted by atomic mass is 9.50. The maximum absolute atomic E-state index is 3.03. The quantitative estimate of drug-likeness (QED) is 0.275. The van der Waals surface area contributed by atoms with Gasteiger partial charge in [0, 0.05) is 0 Å². The van der Waals surface area contributed by atoms with Gasteiger partial charge in [0.05, 0.1) is 0 Å². The Morgan fingerprint density at radius 1 is 0.354 bits per heavy atom. The zero-order valence-electron chi connectivity index (χ0n) is 35.2. The molecular formula is C48H86. The molecule has 6 aliphatic carbocycles. The lowest BCUT2D eigenvalue weighted by Crippen LogP contribution is -2.49. The van der Waals surface area contributed by atoms with Gasteiger partial charge in [-0.2, -0.15) is 0 Å². The Labute approximate surface area is 302 Å². The van der Waals surface area contributed by atoms with Gasteiger partial charge in [0.15, 0.2) is 0 Å². The van der Waals surface area contributed by atoms with Crippen molar-refractivity contribution in [3.8, 4) is 0 Å². The summed E-state index contributed by atoms with van der Waals surface area (Å²) in [6.45, 7) is 36.7. The molecule has 6 aliphatic rings. The van der Waals surface area contributed by atoms with Crippen LogP contribution in [0.2, 0.25) is 0 Å². The van der Waals surface area contributed by atoms with Crippen LogP contribution in [0.3, 0.4) is 0 Å². The number of rotatable bonds is 5. The third-order valence-electron chi connectivity index (χ3n) is 18.3. The molecule has 0 aromatic heterocycles. The van der Waals surface area contributed by atoms with Gasteiger partial charge in [0.1, 0.15) is 0 Å². The fourth-order valence-corrected chi connectivity index (χ4v) is 15.5. The molecule has 0 aliphatic heterocycles. The number of fused-ring (bicyclic) bond motifs is 6. The van der Waals surface area contributed by atoms with Gasteiger partial charge in [0.2, 0.25) is 0 Å². The summed E-state index contributed by atoms with van der Waals surface area (Å²) in [5, 5.41) is 0. The van der Waals surface area contributed by atoms with Crippen LogP contribution >= 0.6 is 0 Å². The van der Waals surface area contributed by atoms with Crippen LogP contribution in [0.5, 0.6) is 0 Å². The van der Waals surface area contributed by atoms with Crippen LogP contribution in [0, 0.1) is 110 Å². The second kappa shape index (κ2) is 13.1. The Hall–Kier alpha value is 0. The second-order valence-corrected chi connectivity index (χ2v) is 24.5. The van der Waals surface area contributed by atoms with Crippen LogP contribution in [-0.2, 0) is 0 Å². The molecule has 12 atom stereocenters. The highest BCUT2D eigenvalue weighted by Crippen LogP contribution is 2.73. The van der Waals surface area contributed by atoms with Gasteiger partial charge < -0.3 is 0 Å². The number of unbranched alkanes of at least 4 members (excludes halogenated alkanes) is 1. The van der Waals surface area contributed by atoms with Gasteiger partial charge in [-0.15, -0.1) is 0 Å². The van der Waals surface area contributed by atoms with Crippen molar-refractivity contribution in [1.82, 2.24) is 0 Å². The molecule has 0 heterocycles. The predicted octanol–water partition coefficient (Wildman–Crippen LogP) is 14.8. The highest BCUT2D eigenvalue weighted by molar-refractivity contribution is 5.14. The first-order chi connectivity index (χ1) is 22.2. The molecule has 0 spiro atoms. The van der Waals surface area contributed by atoms with Gasteiger partial charge in [-0.25, -0.2) is 0 Å². The van der Waals surface area contributed by atoms with Crippen molar-refractivity contribution in [2.24, 2.45) is 110 Å². The molecule has 0 saturated heterocycles. The normalized spacial score (nSPS) is 45.1. The third kappa shape index (κ3) is 6.80. The largest absolute Gasteiger partial charge is 0.0654 e. The van der Waals surface area contributed by atoms with E-state index in [0.717, 1.165) is 82.9 Å². The van der Waals surface area contributed by atoms with E-state index in [2.05, 4.69) is 96.9 Å². The number of hydrogen-bond donors (Lipinski definition) is 0. The molecule has 48 heavy (non-hydrogen) atoms. The minimum absolute atomic E-state index is 0.452. The topological polar surface area (TPSA) is 0 Å². The van der Waals surface area contributed by atoms with Crippen molar-refractivity contribution in [3.63, 3.8) is 0 Å². The van der Waals surface area contributed by atoms with Crippen LogP contribution in [0.15, 0.2) is 0 Å². The molecule has 0 aromatic rings. The average Bonchev–Trinajstić information content (AvgIpc) is 3.50. The van der Waals surface area contributed by atoms with Gasteiger partial charge in [-0.05, 0) is 193 Å². The van der Waals surface area contributed by atoms with E-state index < -0.39 is 0 Å². The first kappa shape index (κ1) is 37.7. The van der Waals surface area contributed by atoms with Crippen LogP contribution in [0.4, 0.5) is 0 Å². The molecule has 0 bridgehead atoms. The molecule has 6 fully saturated rings. The summed E-state index contributed by atoms with van der Waals surface area (Å²) in [5.41, 5.74) is 2.31. The van der Waals surface area contributed by atoms with Crippen LogP contribution < -0.4 is 0 Å². The minimum atomic E-state index is 0.452. The summed E-state index contributed by atoms with van der Waals surface area (Å²) < 4.78 is 0.